The van der Waals surface area contributed by atoms with Crippen LogP contribution in [0.1, 0.15) is 6.42 Å². The number of Topliss-reactive ketones (excluding diaryl/α,β-unsaturated/α-hetero) is 1. The number of carbonyl (C=O) groups excluding carboxylic acids is 2. The van der Waals surface area contributed by atoms with Gasteiger partial charge in [-0.25, -0.2) is 4.98 Å². The van der Waals surface area contributed by atoms with Crippen LogP contribution in [0.15, 0.2) is 22.9 Å². The van der Waals surface area contributed by atoms with Crippen molar-refractivity contribution in [1.82, 2.24) is 4.98 Å². The Hall–Kier alpha value is -1.23. The molecule has 0 aliphatic carbocycles. The molecule has 0 atom stereocenters. The van der Waals surface area contributed by atoms with Gasteiger partial charge in [0.05, 0.1) is 24.8 Å². The second-order valence-corrected chi connectivity index (χ2v) is 3.85. The standard InChI is InChI=1S/C9H7BrN2O2/c10-8-2-1-6(4-11-8)12-5-7(13)3-9(12)14/h1-2,4H,3,5H2. The van der Waals surface area contributed by atoms with E-state index >= 15 is 0 Å². The number of ketones is 1. The third-order valence-corrected chi connectivity index (χ3v) is 2.48. The smallest absolute Gasteiger partial charge is 0.234 e. The van der Waals surface area contributed by atoms with Crippen molar-refractivity contribution in [1.29, 1.82) is 0 Å². The second kappa shape index (κ2) is 3.49. The zero-order chi connectivity index (χ0) is 10.1. The lowest BCUT2D eigenvalue weighted by atomic mass is 10.3. The van der Waals surface area contributed by atoms with Gasteiger partial charge in [0.2, 0.25) is 5.91 Å². The van der Waals surface area contributed by atoms with Crippen LogP contribution in [0.2, 0.25) is 0 Å². The molecule has 0 unspecified atom stereocenters. The van der Waals surface area contributed by atoms with Crippen molar-refractivity contribution in [3.8, 4) is 0 Å². The summed E-state index contributed by atoms with van der Waals surface area (Å²) in [7, 11) is 0. The lowest BCUT2D eigenvalue weighted by Crippen LogP contribution is -2.24. The molecule has 0 bridgehead atoms. The molecule has 0 radical (unpaired) electrons. The molecule has 0 aromatic carbocycles. The Bertz CT molecular complexity index is 388. The lowest BCUT2D eigenvalue weighted by Gasteiger charge is -2.13. The summed E-state index contributed by atoms with van der Waals surface area (Å²) in [6, 6.07) is 3.50. The largest absolute Gasteiger partial charge is 0.303 e. The topological polar surface area (TPSA) is 50.3 Å². The van der Waals surface area contributed by atoms with Gasteiger partial charge in [-0.15, -0.1) is 0 Å². The third-order valence-electron chi connectivity index (χ3n) is 2.01. The summed E-state index contributed by atoms with van der Waals surface area (Å²) in [6.07, 6.45) is 1.58. The highest BCUT2D eigenvalue weighted by molar-refractivity contribution is 9.10. The van der Waals surface area contributed by atoms with Gasteiger partial charge in [0.25, 0.3) is 0 Å². The average Bonchev–Trinajstić information content (AvgIpc) is 2.47. The van der Waals surface area contributed by atoms with Crippen molar-refractivity contribution >= 4 is 33.3 Å². The van der Waals surface area contributed by atoms with E-state index in [0.717, 1.165) is 0 Å². The molecule has 1 amide bonds. The van der Waals surface area contributed by atoms with Crippen LogP contribution in [-0.2, 0) is 9.59 Å². The van der Waals surface area contributed by atoms with Crippen LogP contribution in [0.25, 0.3) is 0 Å². The van der Waals surface area contributed by atoms with Crippen molar-refractivity contribution < 1.29 is 9.59 Å². The summed E-state index contributed by atoms with van der Waals surface area (Å²) in [4.78, 5) is 27.8. The Morgan fingerprint density at radius 2 is 2.14 bits per heavy atom. The normalized spacial score (nSPS) is 16.5. The SMILES string of the molecule is O=C1CC(=O)N(c2ccc(Br)nc2)C1. The molecule has 1 fully saturated rings. The van der Waals surface area contributed by atoms with E-state index in [2.05, 4.69) is 20.9 Å². The maximum absolute atomic E-state index is 11.3. The van der Waals surface area contributed by atoms with Gasteiger partial charge >= 0.3 is 0 Å². The average molecular weight is 255 g/mol. The van der Waals surface area contributed by atoms with Crippen molar-refractivity contribution in [2.45, 2.75) is 6.42 Å². The van der Waals surface area contributed by atoms with Crippen LogP contribution >= 0.6 is 15.9 Å². The molecule has 1 aliphatic heterocycles. The van der Waals surface area contributed by atoms with Crippen LogP contribution in [0.4, 0.5) is 5.69 Å². The molecule has 1 saturated heterocycles. The number of pyridine rings is 1. The quantitative estimate of drug-likeness (QED) is 0.558. The predicted octanol–water partition coefficient (Wildman–Crippen LogP) is 1.15. The number of aromatic nitrogens is 1. The fourth-order valence-corrected chi connectivity index (χ4v) is 1.58. The van der Waals surface area contributed by atoms with E-state index < -0.39 is 0 Å². The molecule has 72 valence electrons. The summed E-state index contributed by atoms with van der Waals surface area (Å²) in [5.74, 6) is -0.197. The lowest BCUT2D eigenvalue weighted by molar-refractivity contribution is -0.121. The predicted molar refractivity (Wildman–Crippen MR) is 53.9 cm³/mol. The number of anilines is 1. The Morgan fingerprint density at radius 1 is 1.36 bits per heavy atom. The highest BCUT2D eigenvalue weighted by Crippen LogP contribution is 2.19. The summed E-state index contributed by atoms with van der Waals surface area (Å²) < 4.78 is 0.708. The van der Waals surface area contributed by atoms with E-state index in [9.17, 15) is 9.59 Å². The number of amides is 1. The van der Waals surface area contributed by atoms with E-state index in [1.165, 1.54) is 4.90 Å². The molecule has 1 aromatic heterocycles. The fraction of sp³-hybridized carbons (Fsp3) is 0.222. The molecule has 4 nitrogen and oxygen atoms in total. The molecular weight excluding hydrogens is 248 g/mol. The fourth-order valence-electron chi connectivity index (χ4n) is 1.35. The summed E-state index contributed by atoms with van der Waals surface area (Å²) >= 11 is 3.20. The number of halogens is 1. The van der Waals surface area contributed by atoms with Gasteiger partial charge in [-0.3, -0.25) is 9.59 Å². The first-order valence-corrected chi connectivity index (χ1v) is 4.90. The molecule has 1 aromatic rings. The maximum atomic E-state index is 11.3. The Balaban J connectivity index is 2.27. The number of hydrogen-bond acceptors (Lipinski definition) is 3. The number of carbonyl (C=O) groups is 2. The molecular formula is C9H7BrN2O2. The number of rotatable bonds is 1. The number of nitrogens with zero attached hydrogens (tertiary/aromatic N) is 2. The summed E-state index contributed by atoms with van der Waals surface area (Å²) in [6.45, 7) is 0.169. The molecule has 1 aliphatic rings. The molecule has 14 heavy (non-hydrogen) atoms. The minimum atomic E-state index is -0.154. The van der Waals surface area contributed by atoms with Crippen LogP contribution in [-0.4, -0.2) is 23.2 Å². The third kappa shape index (κ3) is 1.68. The van der Waals surface area contributed by atoms with Gasteiger partial charge in [-0.2, -0.15) is 0 Å². The Morgan fingerprint density at radius 3 is 2.64 bits per heavy atom. The molecule has 2 rings (SSSR count). The molecule has 0 saturated carbocycles. The van der Waals surface area contributed by atoms with Gasteiger partial charge in [-0.05, 0) is 28.1 Å². The van der Waals surface area contributed by atoms with Gasteiger partial charge in [-0.1, -0.05) is 0 Å². The maximum Gasteiger partial charge on any atom is 0.234 e. The van der Waals surface area contributed by atoms with Crippen LogP contribution < -0.4 is 4.90 Å². The van der Waals surface area contributed by atoms with Gasteiger partial charge in [0, 0.05) is 0 Å². The van der Waals surface area contributed by atoms with Gasteiger partial charge in [0.15, 0.2) is 5.78 Å². The zero-order valence-corrected chi connectivity index (χ0v) is 8.82. The van der Waals surface area contributed by atoms with Crippen LogP contribution in [0.5, 0.6) is 0 Å². The molecule has 0 N–H and O–H groups in total. The van der Waals surface area contributed by atoms with E-state index in [0.29, 0.717) is 10.3 Å². The second-order valence-electron chi connectivity index (χ2n) is 3.03. The van der Waals surface area contributed by atoms with Crippen LogP contribution in [0.3, 0.4) is 0 Å². The molecule has 5 heteroatoms. The molecule has 2 heterocycles. The molecule has 0 spiro atoms. The van der Waals surface area contributed by atoms with Gasteiger partial charge < -0.3 is 4.90 Å². The number of hydrogen-bond donors (Lipinski definition) is 0. The first kappa shape index (κ1) is 9.33. The van der Waals surface area contributed by atoms with E-state index in [1.807, 2.05) is 0 Å². The van der Waals surface area contributed by atoms with Crippen molar-refractivity contribution in [2.75, 3.05) is 11.4 Å². The Kier molecular flexibility index (Phi) is 2.33. The zero-order valence-electron chi connectivity index (χ0n) is 7.24. The van der Waals surface area contributed by atoms with Gasteiger partial charge in [0.1, 0.15) is 4.60 Å². The minimum Gasteiger partial charge on any atom is -0.303 e. The highest BCUT2D eigenvalue weighted by atomic mass is 79.9. The Labute approximate surface area is 89.1 Å². The van der Waals surface area contributed by atoms with Crippen LogP contribution in [0, 0.1) is 0 Å². The summed E-state index contributed by atoms with van der Waals surface area (Å²) in [5.41, 5.74) is 0.670. The first-order chi connectivity index (χ1) is 6.66. The monoisotopic (exact) mass is 254 g/mol. The van der Waals surface area contributed by atoms with Crippen molar-refractivity contribution in [3.05, 3.63) is 22.9 Å². The first-order valence-electron chi connectivity index (χ1n) is 4.10. The van der Waals surface area contributed by atoms with Crippen molar-refractivity contribution in [2.24, 2.45) is 0 Å². The minimum absolute atomic E-state index is 0.00998. The van der Waals surface area contributed by atoms with E-state index in [-0.39, 0.29) is 24.7 Å². The summed E-state index contributed by atoms with van der Waals surface area (Å²) in [5, 5.41) is 0. The highest BCUT2D eigenvalue weighted by Gasteiger charge is 2.28. The van der Waals surface area contributed by atoms with Crippen molar-refractivity contribution in [3.63, 3.8) is 0 Å². The van der Waals surface area contributed by atoms with E-state index in [1.54, 1.807) is 18.3 Å². The van der Waals surface area contributed by atoms with E-state index in [4.69, 9.17) is 0 Å².